The maximum atomic E-state index is 13.8. The van der Waals surface area contributed by atoms with E-state index in [-0.39, 0.29) is 6.54 Å². The molecular formula is C12H18FNO. The van der Waals surface area contributed by atoms with E-state index in [1.165, 1.54) is 6.92 Å². The van der Waals surface area contributed by atoms with Gasteiger partial charge in [0.25, 0.3) is 0 Å². The van der Waals surface area contributed by atoms with E-state index in [1.807, 2.05) is 6.92 Å². The fourth-order valence-electron chi connectivity index (χ4n) is 1.24. The van der Waals surface area contributed by atoms with Crippen molar-refractivity contribution in [2.75, 3.05) is 13.2 Å². The molecule has 0 saturated heterocycles. The second kappa shape index (κ2) is 5.12. The molecule has 1 aromatic carbocycles. The van der Waals surface area contributed by atoms with Crippen LogP contribution < -0.4 is 10.5 Å². The Morgan fingerprint density at radius 1 is 1.33 bits per heavy atom. The van der Waals surface area contributed by atoms with Gasteiger partial charge in [-0.05, 0) is 31.0 Å². The summed E-state index contributed by atoms with van der Waals surface area (Å²) in [6.45, 7) is 4.20. The van der Waals surface area contributed by atoms with Crippen LogP contribution in [0.25, 0.3) is 0 Å². The van der Waals surface area contributed by atoms with Crippen LogP contribution in [0.5, 0.6) is 5.75 Å². The molecule has 0 heterocycles. The van der Waals surface area contributed by atoms with Gasteiger partial charge >= 0.3 is 0 Å². The topological polar surface area (TPSA) is 35.2 Å². The Hall–Kier alpha value is -1.09. The minimum absolute atomic E-state index is 0.0117. The lowest BCUT2D eigenvalue weighted by molar-refractivity contribution is 0.203. The predicted molar refractivity (Wildman–Crippen MR) is 59.7 cm³/mol. The quantitative estimate of drug-likeness (QED) is 0.812. The Bertz CT molecular complexity index is 295. The molecule has 0 aliphatic rings. The van der Waals surface area contributed by atoms with E-state index >= 15 is 0 Å². The number of halogens is 1. The minimum Gasteiger partial charge on any atom is -0.494 e. The lowest BCUT2D eigenvalue weighted by Crippen LogP contribution is -2.26. The largest absolute Gasteiger partial charge is 0.494 e. The molecule has 0 spiro atoms. The van der Waals surface area contributed by atoms with Gasteiger partial charge in [-0.1, -0.05) is 19.1 Å². The molecule has 84 valence electrons. The molecule has 0 aromatic heterocycles. The van der Waals surface area contributed by atoms with Crippen LogP contribution in [-0.2, 0) is 5.67 Å². The summed E-state index contributed by atoms with van der Waals surface area (Å²) in [6.07, 6.45) is 0.964. The van der Waals surface area contributed by atoms with Gasteiger partial charge in [0.1, 0.15) is 11.4 Å². The highest BCUT2D eigenvalue weighted by molar-refractivity contribution is 5.30. The molecule has 0 aliphatic carbocycles. The van der Waals surface area contributed by atoms with E-state index in [9.17, 15) is 4.39 Å². The monoisotopic (exact) mass is 211 g/mol. The van der Waals surface area contributed by atoms with Crippen LogP contribution in [0, 0.1) is 0 Å². The molecule has 1 aromatic rings. The lowest BCUT2D eigenvalue weighted by atomic mass is 9.98. The summed E-state index contributed by atoms with van der Waals surface area (Å²) in [5.74, 6) is 0.772. The van der Waals surface area contributed by atoms with E-state index in [0.717, 1.165) is 12.2 Å². The maximum Gasteiger partial charge on any atom is 0.145 e. The third kappa shape index (κ3) is 3.20. The number of ether oxygens (including phenoxy) is 1. The molecule has 1 atom stereocenters. The molecule has 2 N–H and O–H groups in total. The van der Waals surface area contributed by atoms with Crippen molar-refractivity contribution in [1.82, 2.24) is 0 Å². The first-order valence-corrected chi connectivity index (χ1v) is 5.22. The van der Waals surface area contributed by atoms with Crippen LogP contribution in [0.1, 0.15) is 25.8 Å². The zero-order chi connectivity index (χ0) is 11.3. The van der Waals surface area contributed by atoms with Gasteiger partial charge in [0.2, 0.25) is 0 Å². The summed E-state index contributed by atoms with van der Waals surface area (Å²) >= 11 is 0. The van der Waals surface area contributed by atoms with Gasteiger partial charge in [-0.2, -0.15) is 0 Å². The average Bonchev–Trinajstić information content (AvgIpc) is 2.27. The van der Waals surface area contributed by atoms with E-state index < -0.39 is 5.67 Å². The highest BCUT2D eigenvalue weighted by Crippen LogP contribution is 2.25. The molecule has 0 saturated carbocycles. The number of hydrogen-bond acceptors (Lipinski definition) is 2. The number of benzene rings is 1. The first kappa shape index (κ1) is 12.0. The van der Waals surface area contributed by atoms with E-state index in [4.69, 9.17) is 10.5 Å². The fraction of sp³-hybridized carbons (Fsp3) is 0.500. The Morgan fingerprint density at radius 3 is 2.40 bits per heavy atom. The Labute approximate surface area is 90.2 Å². The standard InChI is InChI=1S/C12H18FNO/c1-3-8-15-11-6-4-10(5-7-11)12(2,13)9-14/h4-7H,3,8-9,14H2,1-2H3. The van der Waals surface area contributed by atoms with Crippen molar-refractivity contribution in [1.29, 1.82) is 0 Å². The first-order chi connectivity index (χ1) is 7.10. The van der Waals surface area contributed by atoms with E-state index in [2.05, 4.69) is 0 Å². The van der Waals surface area contributed by atoms with Crippen LogP contribution in [0.15, 0.2) is 24.3 Å². The molecular weight excluding hydrogens is 193 g/mol. The highest BCUT2D eigenvalue weighted by Gasteiger charge is 2.23. The summed E-state index contributed by atoms with van der Waals surface area (Å²) in [6, 6.07) is 6.99. The zero-order valence-electron chi connectivity index (χ0n) is 9.29. The molecule has 0 bridgehead atoms. The van der Waals surface area contributed by atoms with Gasteiger partial charge in [-0.15, -0.1) is 0 Å². The molecule has 0 aliphatic heterocycles. The van der Waals surface area contributed by atoms with Crippen molar-refractivity contribution in [2.45, 2.75) is 25.9 Å². The van der Waals surface area contributed by atoms with Gasteiger partial charge in [0.15, 0.2) is 0 Å². The second-order valence-electron chi connectivity index (χ2n) is 3.77. The lowest BCUT2D eigenvalue weighted by Gasteiger charge is -2.18. The van der Waals surface area contributed by atoms with Gasteiger partial charge in [-0.3, -0.25) is 0 Å². The first-order valence-electron chi connectivity index (χ1n) is 5.22. The molecule has 1 unspecified atom stereocenters. The summed E-state index contributed by atoms with van der Waals surface area (Å²) in [7, 11) is 0. The van der Waals surface area contributed by atoms with Crippen LogP contribution in [0.2, 0.25) is 0 Å². The van der Waals surface area contributed by atoms with Gasteiger partial charge < -0.3 is 10.5 Å². The summed E-state index contributed by atoms with van der Waals surface area (Å²) in [5, 5.41) is 0. The van der Waals surface area contributed by atoms with Crippen LogP contribution in [0.4, 0.5) is 4.39 Å². The number of alkyl halides is 1. The third-order valence-electron chi connectivity index (χ3n) is 2.31. The fourth-order valence-corrected chi connectivity index (χ4v) is 1.24. The van der Waals surface area contributed by atoms with Crippen molar-refractivity contribution in [3.63, 3.8) is 0 Å². The summed E-state index contributed by atoms with van der Waals surface area (Å²) < 4.78 is 19.2. The van der Waals surface area contributed by atoms with Crippen molar-refractivity contribution in [3.8, 4) is 5.75 Å². The molecule has 2 nitrogen and oxygen atoms in total. The van der Waals surface area contributed by atoms with Crippen LogP contribution >= 0.6 is 0 Å². The molecule has 0 radical (unpaired) electrons. The normalized spacial score (nSPS) is 14.7. The predicted octanol–water partition coefficient (Wildman–Crippen LogP) is 2.62. The highest BCUT2D eigenvalue weighted by atomic mass is 19.1. The Kier molecular flexibility index (Phi) is 4.09. The van der Waals surface area contributed by atoms with Gasteiger partial charge in [0.05, 0.1) is 6.61 Å². The Morgan fingerprint density at radius 2 is 1.93 bits per heavy atom. The molecule has 15 heavy (non-hydrogen) atoms. The third-order valence-corrected chi connectivity index (χ3v) is 2.31. The molecule has 0 amide bonds. The zero-order valence-corrected chi connectivity index (χ0v) is 9.29. The average molecular weight is 211 g/mol. The van der Waals surface area contributed by atoms with Crippen LogP contribution in [0.3, 0.4) is 0 Å². The second-order valence-corrected chi connectivity index (χ2v) is 3.77. The van der Waals surface area contributed by atoms with Crippen LogP contribution in [-0.4, -0.2) is 13.2 Å². The molecule has 3 heteroatoms. The maximum absolute atomic E-state index is 13.8. The van der Waals surface area contributed by atoms with Crippen molar-refractivity contribution < 1.29 is 9.13 Å². The summed E-state index contributed by atoms with van der Waals surface area (Å²) in [5.41, 5.74) is 4.49. The Balaban J connectivity index is 2.72. The summed E-state index contributed by atoms with van der Waals surface area (Å²) in [4.78, 5) is 0. The van der Waals surface area contributed by atoms with Crippen molar-refractivity contribution in [3.05, 3.63) is 29.8 Å². The van der Waals surface area contributed by atoms with Gasteiger partial charge in [-0.25, -0.2) is 4.39 Å². The van der Waals surface area contributed by atoms with Crippen molar-refractivity contribution in [2.24, 2.45) is 5.73 Å². The smallest absolute Gasteiger partial charge is 0.145 e. The van der Waals surface area contributed by atoms with Crippen molar-refractivity contribution >= 4 is 0 Å². The SMILES string of the molecule is CCCOc1ccc(C(C)(F)CN)cc1. The van der Waals surface area contributed by atoms with E-state index in [1.54, 1.807) is 24.3 Å². The number of hydrogen-bond donors (Lipinski definition) is 1. The van der Waals surface area contributed by atoms with E-state index in [0.29, 0.717) is 12.2 Å². The minimum atomic E-state index is -1.46. The molecule has 0 fully saturated rings. The molecule has 1 rings (SSSR count). The van der Waals surface area contributed by atoms with Gasteiger partial charge in [0, 0.05) is 6.54 Å². The number of nitrogens with two attached hydrogens (primary N) is 1. The number of rotatable bonds is 5.